The molecular weight excluding hydrogens is 300 g/mol. The van der Waals surface area contributed by atoms with Gasteiger partial charge in [-0.05, 0) is 37.0 Å². The van der Waals surface area contributed by atoms with Gasteiger partial charge in [0.2, 0.25) is 5.91 Å². The van der Waals surface area contributed by atoms with Crippen molar-refractivity contribution in [3.63, 3.8) is 0 Å². The first-order valence-corrected chi connectivity index (χ1v) is 9.06. The zero-order valence-corrected chi connectivity index (χ0v) is 15.0. The van der Waals surface area contributed by atoms with Crippen molar-refractivity contribution in [2.24, 2.45) is 5.92 Å². The average molecular weight is 328 g/mol. The molecule has 0 spiro atoms. The molecule has 0 unspecified atom stereocenters. The molecule has 1 fully saturated rings. The fourth-order valence-electron chi connectivity index (χ4n) is 3.67. The maximum Gasteiger partial charge on any atom is 0.222 e. The Hall–Kier alpha value is -1.88. The number of nitrogens with zero attached hydrogens (tertiary/aromatic N) is 3. The molecule has 3 heterocycles. The summed E-state index contributed by atoms with van der Waals surface area (Å²) in [5, 5.41) is 3.71. The van der Waals surface area contributed by atoms with E-state index in [0.717, 1.165) is 38.1 Å². The van der Waals surface area contributed by atoms with E-state index in [1.54, 1.807) is 0 Å². The van der Waals surface area contributed by atoms with E-state index >= 15 is 0 Å². The summed E-state index contributed by atoms with van der Waals surface area (Å²) < 4.78 is 2.15. The van der Waals surface area contributed by atoms with Crippen LogP contribution in [-0.4, -0.2) is 39.3 Å². The van der Waals surface area contributed by atoms with Crippen molar-refractivity contribution in [2.45, 2.75) is 52.6 Å². The number of piperidine rings is 1. The second kappa shape index (κ2) is 7.34. The molecule has 130 valence electrons. The number of aromatic nitrogens is 2. The van der Waals surface area contributed by atoms with Crippen molar-refractivity contribution >= 4 is 11.6 Å². The van der Waals surface area contributed by atoms with Gasteiger partial charge in [-0.15, -0.1) is 0 Å². The summed E-state index contributed by atoms with van der Waals surface area (Å²) in [6.45, 7) is 8.81. The number of nitrogens with one attached hydrogen (secondary N) is 1. The van der Waals surface area contributed by atoms with E-state index < -0.39 is 0 Å². The van der Waals surface area contributed by atoms with Crippen LogP contribution in [0.2, 0.25) is 0 Å². The van der Waals surface area contributed by atoms with Gasteiger partial charge >= 0.3 is 0 Å². The molecule has 0 aliphatic carbocycles. The first-order chi connectivity index (χ1) is 11.6. The van der Waals surface area contributed by atoms with Gasteiger partial charge in [0.25, 0.3) is 0 Å². The fourth-order valence-corrected chi connectivity index (χ4v) is 3.67. The summed E-state index contributed by atoms with van der Waals surface area (Å²) in [6.07, 6.45) is 6.78. The topological polar surface area (TPSA) is 49.6 Å². The summed E-state index contributed by atoms with van der Waals surface area (Å²) in [5.41, 5.74) is 3.42. The van der Waals surface area contributed by atoms with Crippen LogP contribution in [0, 0.1) is 12.8 Å². The van der Waals surface area contributed by atoms with Crippen molar-refractivity contribution in [3.8, 4) is 0 Å². The van der Waals surface area contributed by atoms with Gasteiger partial charge < -0.3 is 14.6 Å². The Kier molecular flexibility index (Phi) is 5.19. The molecule has 2 atom stereocenters. The zero-order chi connectivity index (χ0) is 17.1. The number of hydrogen-bond acceptors (Lipinski definition) is 3. The van der Waals surface area contributed by atoms with Gasteiger partial charge in [-0.25, -0.2) is 4.98 Å². The summed E-state index contributed by atoms with van der Waals surface area (Å²) >= 11 is 0. The van der Waals surface area contributed by atoms with E-state index in [0.29, 0.717) is 18.4 Å². The summed E-state index contributed by atoms with van der Waals surface area (Å²) in [7, 11) is 0. The molecule has 5 heteroatoms. The lowest BCUT2D eigenvalue weighted by Crippen LogP contribution is -2.50. The van der Waals surface area contributed by atoms with Crippen molar-refractivity contribution in [1.82, 2.24) is 19.6 Å². The predicted octanol–water partition coefficient (Wildman–Crippen LogP) is 2.77. The lowest BCUT2D eigenvalue weighted by atomic mass is 9.89. The van der Waals surface area contributed by atoms with Gasteiger partial charge in [-0.2, -0.15) is 0 Å². The van der Waals surface area contributed by atoms with Crippen LogP contribution in [0.4, 0.5) is 0 Å². The summed E-state index contributed by atoms with van der Waals surface area (Å²) in [5.74, 6) is 0.805. The Labute approximate surface area is 144 Å². The lowest BCUT2D eigenvalue weighted by Gasteiger charge is -2.38. The van der Waals surface area contributed by atoms with Gasteiger partial charge in [0, 0.05) is 38.3 Å². The number of aryl methyl sites for hydroxylation is 1. The first-order valence-electron chi connectivity index (χ1n) is 9.06. The minimum Gasteiger partial charge on any atom is -0.342 e. The molecule has 1 N–H and O–H groups in total. The van der Waals surface area contributed by atoms with Crippen LogP contribution in [0.15, 0.2) is 24.5 Å². The average Bonchev–Trinajstić information content (AvgIpc) is 3.01. The Balaban J connectivity index is 1.64. The van der Waals surface area contributed by atoms with E-state index in [9.17, 15) is 4.79 Å². The first kappa shape index (κ1) is 17.0. The van der Waals surface area contributed by atoms with E-state index in [2.05, 4.69) is 46.9 Å². The third-order valence-electron chi connectivity index (χ3n) is 5.20. The van der Waals surface area contributed by atoms with Crippen molar-refractivity contribution < 1.29 is 4.79 Å². The number of amides is 1. The second-order valence-corrected chi connectivity index (χ2v) is 6.82. The number of carbonyl (C=O) groups excluding carboxylic acids is 1. The highest BCUT2D eigenvalue weighted by atomic mass is 16.2. The van der Waals surface area contributed by atoms with Gasteiger partial charge in [0.05, 0.1) is 11.9 Å². The highest BCUT2D eigenvalue weighted by molar-refractivity contribution is 5.75. The Morgan fingerprint density at radius 1 is 1.42 bits per heavy atom. The van der Waals surface area contributed by atoms with Crippen LogP contribution < -0.4 is 5.32 Å². The number of carbonyl (C=O) groups is 1. The molecule has 0 saturated carbocycles. The summed E-state index contributed by atoms with van der Waals surface area (Å²) in [4.78, 5) is 18.5. The smallest absolute Gasteiger partial charge is 0.222 e. The number of hydrogen-bond donors (Lipinski definition) is 1. The van der Waals surface area contributed by atoms with Crippen LogP contribution in [0.3, 0.4) is 0 Å². The Morgan fingerprint density at radius 3 is 3.00 bits per heavy atom. The van der Waals surface area contributed by atoms with Gasteiger partial charge in [0.15, 0.2) is 0 Å². The maximum atomic E-state index is 11.9. The molecule has 0 bridgehead atoms. The molecule has 5 nitrogen and oxygen atoms in total. The minimum atomic E-state index is 0.282. The largest absolute Gasteiger partial charge is 0.342 e. The van der Waals surface area contributed by atoms with Crippen LogP contribution >= 0.6 is 0 Å². The Bertz CT molecular complexity index is 708. The SMILES string of the molecule is CCC(=O)N1CC[C@@H](NCc2cnc3cc(C)ccn23)[C@H](CC)C1. The van der Waals surface area contributed by atoms with E-state index in [1.165, 1.54) is 11.3 Å². The molecule has 0 radical (unpaired) electrons. The van der Waals surface area contributed by atoms with E-state index in [-0.39, 0.29) is 5.91 Å². The van der Waals surface area contributed by atoms with Crippen molar-refractivity contribution in [3.05, 3.63) is 35.8 Å². The molecule has 1 aliphatic heterocycles. The van der Waals surface area contributed by atoms with Crippen molar-refractivity contribution in [1.29, 1.82) is 0 Å². The quantitative estimate of drug-likeness (QED) is 0.918. The molecule has 1 amide bonds. The molecule has 3 rings (SSSR count). The molecule has 1 aliphatic rings. The van der Waals surface area contributed by atoms with Gasteiger partial charge in [-0.1, -0.05) is 20.3 Å². The number of pyridine rings is 1. The van der Waals surface area contributed by atoms with E-state index in [1.807, 2.05) is 18.0 Å². The monoisotopic (exact) mass is 328 g/mol. The van der Waals surface area contributed by atoms with Crippen LogP contribution in [0.1, 0.15) is 44.4 Å². The number of imidazole rings is 1. The highest BCUT2D eigenvalue weighted by Gasteiger charge is 2.29. The van der Waals surface area contributed by atoms with Crippen LogP contribution in [-0.2, 0) is 11.3 Å². The van der Waals surface area contributed by atoms with Crippen LogP contribution in [0.5, 0.6) is 0 Å². The highest BCUT2D eigenvalue weighted by Crippen LogP contribution is 2.21. The second-order valence-electron chi connectivity index (χ2n) is 6.82. The fraction of sp³-hybridized carbons (Fsp3) is 0.579. The molecule has 2 aromatic rings. The maximum absolute atomic E-state index is 11.9. The van der Waals surface area contributed by atoms with Crippen molar-refractivity contribution in [2.75, 3.05) is 13.1 Å². The van der Waals surface area contributed by atoms with Gasteiger partial charge in [0.1, 0.15) is 5.65 Å². The normalized spacial score (nSPS) is 21.4. The zero-order valence-electron chi connectivity index (χ0n) is 15.0. The standard InChI is InChI=1S/C19H28N4O/c1-4-15-13-22(19(24)5-2)8-7-17(15)20-11-16-12-21-18-10-14(3)6-9-23(16)18/h6,9-10,12,15,17,20H,4-5,7-8,11,13H2,1-3H3/t15-,17-/m1/s1. The number of likely N-dealkylation sites (tertiary alicyclic amines) is 1. The molecular formula is C19H28N4O. The van der Waals surface area contributed by atoms with E-state index in [4.69, 9.17) is 0 Å². The Morgan fingerprint density at radius 2 is 2.25 bits per heavy atom. The number of rotatable bonds is 5. The molecule has 24 heavy (non-hydrogen) atoms. The number of fused-ring (bicyclic) bond motifs is 1. The third kappa shape index (κ3) is 3.46. The van der Waals surface area contributed by atoms with Gasteiger partial charge in [-0.3, -0.25) is 4.79 Å². The third-order valence-corrected chi connectivity index (χ3v) is 5.20. The predicted molar refractivity (Wildman–Crippen MR) is 95.8 cm³/mol. The molecule has 1 saturated heterocycles. The molecule has 0 aromatic carbocycles. The lowest BCUT2D eigenvalue weighted by molar-refractivity contribution is -0.133. The van der Waals surface area contributed by atoms with Crippen LogP contribution in [0.25, 0.3) is 5.65 Å². The minimum absolute atomic E-state index is 0.282. The summed E-state index contributed by atoms with van der Waals surface area (Å²) in [6, 6.07) is 4.68. The molecule has 2 aromatic heterocycles.